The van der Waals surface area contributed by atoms with Crippen LogP contribution in [0.5, 0.6) is 0 Å². The molecule has 1 aliphatic heterocycles. The monoisotopic (exact) mass is 396 g/mol. The molecule has 0 aromatic heterocycles. The lowest BCUT2D eigenvalue weighted by molar-refractivity contribution is -0.118. The van der Waals surface area contributed by atoms with Crippen molar-refractivity contribution in [2.75, 3.05) is 11.4 Å². The van der Waals surface area contributed by atoms with Gasteiger partial charge in [-0.25, -0.2) is 0 Å². The van der Waals surface area contributed by atoms with E-state index in [1.54, 1.807) is 18.2 Å². The van der Waals surface area contributed by atoms with E-state index in [0.717, 1.165) is 5.56 Å². The van der Waals surface area contributed by atoms with Crippen LogP contribution >= 0.6 is 15.9 Å². The molecule has 0 bridgehead atoms. The van der Waals surface area contributed by atoms with Gasteiger partial charge in [0.15, 0.2) is 0 Å². The molecule has 1 amide bonds. The number of rotatable bonds is 3. The molecule has 0 N–H and O–H groups in total. The van der Waals surface area contributed by atoms with Gasteiger partial charge < -0.3 is 4.90 Å². The Morgan fingerprint density at radius 2 is 1.75 bits per heavy atom. The van der Waals surface area contributed by atoms with E-state index in [2.05, 4.69) is 20.9 Å². The summed E-state index contributed by atoms with van der Waals surface area (Å²) in [5.74, 6) is -0.523. The summed E-state index contributed by atoms with van der Waals surface area (Å²) in [7, 11) is 0. The van der Waals surface area contributed by atoms with Crippen molar-refractivity contribution in [1.29, 1.82) is 0 Å². The van der Waals surface area contributed by atoms with Crippen molar-refractivity contribution in [2.45, 2.75) is 12.7 Å². The fourth-order valence-corrected chi connectivity index (χ4v) is 3.14. The van der Waals surface area contributed by atoms with Gasteiger partial charge in [-0.1, -0.05) is 42.5 Å². The summed E-state index contributed by atoms with van der Waals surface area (Å²) in [6, 6.07) is 14.3. The molecule has 0 saturated carbocycles. The van der Waals surface area contributed by atoms with Crippen molar-refractivity contribution in [1.82, 2.24) is 0 Å². The molecular weight excluding hydrogens is 385 g/mol. The Bertz CT molecular complexity index is 803. The van der Waals surface area contributed by atoms with Gasteiger partial charge in [0, 0.05) is 10.0 Å². The Hall–Kier alpha value is -2.15. The molecule has 0 unspecified atom stereocenters. The van der Waals surface area contributed by atoms with Gasteiger partial charge in [0.05, 0.1) is 12.2 Å². The highest BCUT2D eigenvalue weighted by atomic mass is 79.9. The van der Waals surface area contributed by atoms with Crippen molar-refractivity contribution in [3.05, 3.63) is 64.1 Å². The van der Waals surface area contributed by atoms with E-state index >= 15 is 0 Å². The molecule has 0 aliphatic carbocycles. The van der Waals surface area contributed by atoms with Crippen molar-refractivity contribution >= 4 is 33.2 Å². The van der Waals surface area contributed by atoms with E-state index in [4.69, 9.17) is 0 Å². The molecule has 0 radical (unpaired) electrons. The van der Waals surface area contributed by atoms with Gasteiger partial charge in [0.1, 0.15) is 12.3 Å². The van der Waals surface area contributed by atoms with Crippen LogP contribution in [0.2, 0.25) is 0 Å². The maximum Gasteiger partial charge on any atom is 0.407 e. The lowest BCUT2D eigenvalue weighted by Crippen LogP contribution is -2.30. The normalized spacial score (nSPS) is 15.9. The summed E-state index contributed by atoms with van der Waals surface area (Å²) in [6.45, 7) is -1.11. The average molecular weight is 397 g/mol. The standard InChI is InChI=1S/C17H12BrF3N2O/c18-13-8-4-7-12-14(22-10-17(19,20)21)16(24)23(15(12)13)9-11-5-2-1-3-6-11/h1-8H,9-10H2. The first-order valence-electron chi connectivity index (χ1n) is 7.13. The number of nitrogens with zero attached hydrogens (tertiary/aromatic N) is 2. The summed E-state index contributed by atoms with van der Waals surface area (Å²) in [5, 5.41) is 0. The van der Waals surface area contributed by atoms with Crippen molar-refractivity contribution in [3.8, 4) is 0 Å². The molecule has 1 aliphatic rings. The third kappa shape index (κ3) is 3.36. The Kier molecular flexibility index (Phi) is 4.45. The second-order valence-corrected chi connectivity index (χ2v) is 6.15. The van der Waals surface area contributed by atoms with Gasteiger partial charge in [-0.2, -0.15) is 13.2 Å². The smallest absolute Gasteiger partial charge is 0.301 e. The SMILES string of the molecule is O=C1C(=NCC(F)(F)F)c2cccc(Br)c2N1Cc1ccccc1. The van der Waals surface area contributed by atoms with Crippen LogP contribution in [0, 0.1) is 0 Å². The number of alkyl halides is 3. The molecule has 24 heavy (non-hydrogen) atoms. The van der Waals surface area contributed by atoms with Crippen LogP contribution in [-0.2, 0) is 11.3 Å². The molecule has 3 rings (SSSR count). The Morgan fingerprint density at radius 1 is 1.04 bits per heavy atom. The van der Waals surface area contributed by atoms with E-state index in [1.807, 2.05) is 30.3 Å². The number of amides is 1. The number of fused-ring (bicyclic) bond motifs is 1. The first kappa shape index (κ1) is 16.7. The molecule has 1 heterocycles. The molecule has 124 valence electrons. The highest BCUT2D eigenvalue weighted by molar-refractivity contribution is 9.10. The number of aliphatic imine (C=N–C) groups is 1. The quantitative estimate of drug-likeness (QED) is 0.758. The van der Waals surface area contributed by atoms with E-state index in [-0.39, 0.29) is 12.3 Å². The van der Waals surface area contributed by atoms with E-state index in [1.165, 1.54) is 4.90 Å². The lowest BCUT2D eigenvalue weighted by atomic mass is 10.1. The number of para-hydroxylation sites is 1. The van der Waals surface area contributed by atoms with Crippen LogP contribution in [0.3, 0.4) is 0 Å². The number of carbonyl (C=O) groups is 1. The zero-order valence-electron chi connectivity index (χ0n) is 12.3. The first-order chi connectivity index (χ1) is 11.4. The Morgan fingerprint density at radius 3 is 2.42 bits per heavy atom. The minimum absolute atomic E-state index is 0.153. The Labute approximate surface area is 144 Å². The number of benzene rings is 2. The largest absolute Gasteiger partial charge is 0.407 e. The third-order valence-corrected chi connectivity index (χ3v) is 4.20. The fraction of sp³-hybridized carbons (Fsp3) is 0.176. The Balaban J connectivity index is 2.02. The number of hydrogen-bond acceptors (Lipinski definition) is 2. The van der Waals surface area contributed by atoms with E-state index < -0.39 is 18.6 Å². The molecule has 3 nitrogen and oxygen atoms in total. The average Bonchev–Trinajstić information content (AvgIpc) is 2.79. The minimum atomic E-state index is -4.45. The van der Waals surface area contributed by atoms with Gasteiger partial charge in [0.2, 0.25) is 0 Å². The van der Waals surface area contributed by atoms with Crippen LogP contribution in [-0.4, -0.2) is 24.3 Å². The molecule has 0 saturated heterocycles. The summed E-state index contributed by atoms with van der Waals surface area (Å²) >= 11 is 3.38. The number of carbonyl (C=O) groups excluding carboxylic acids is 1. The predicted molar refractivity (Wildman–Crippen MR) is 89.2 cm³/mol. The molecule has 2 aromatic carbocycles. The molecular formula is C17H12BrF3N2O. The summed E-state index contributed by atoms with van der Waals surface area (Å²) in [5.41, 5.74) is 1.69. The van der Waals surface area contributed by atoms with E-state index in [0.29, 0.717) is 15.7 Å². The lowest BCUT2D eigenvalue weighted by Gasteiger charge is -2.18. The van der Waals surface area contributed by atoms with Crippen LogP contribution in [0.15, 0.2) is 58.0 Å². The maximum atomic E-state index is 12.6. The molecule has 7 heteroatoms. The van der Waals surface area contributed by atoms with Gasteiger partial charge in [-0.15, -0.1) is 0 Å². The van der Waals surface area contributed by atoms with Crippen LogP contribution in [0.25, 0.3) is 0 Å². The topological polar surface area (TPSA) is 32.7 Å². The maximum absolute atomic E-state index is 12.6. The first-order valence-corrected chi connectivity index (χ1v) is 7.92. The van der Waals surface area contributed by atoms with Gasteiger partial charge >= 0.3 is 6.18 Å². The predicted octanol–water partition coefficient (Wildman–Crippen LogP) is 4.35. The number of anilines is 1. The minimum Gasteiger partial charge on any atom is -0.301 e. The van der Waals surface area contributed by atoms with Crippen LogP contribution < -0.4 is 4.90 Å². The number of hydrogen-bond donors (Lipinski definition) is 0. The van der Waals surface area contributed by atoms with Gasteiger partial charge in [-0.05, 0) is 27.6 Å². The van der Waals surface area contributed by atoms with Gasteiger partial charge in [0.25, 0.3) is 5.91 Å². The molecule has 0 atom stereocenters. The molecule has 2 aromatic rings. The number of halogens is 4. The van der Waals surface area contributed by atoms with Crippen molar-refractivity contribution in [3.63, 3.8) is 0 Å². The zero-order valence-corrected chi connectivity index (χ0v) is 13.9. The van der Waals surface area contributed by atoms with Crippen LogP contribution in [0.4, 0.5) is 18.9 Å². The van der Waals surface area contributed by atoms with Crippen LogP contribution in [0.1, 0.15) is 11.1 Å². The molecule has 0 fully saturated rings. The van der Waals surface area contributed by atoms with Crippen molar-refractivity contribution in [2.24, 2.45) is 4.99 Å². The third-order valence-electron chi connectivity index (χ3n) is 3.56. The van der Waals surface area contributed by atoms with Crippen molar-refractivity contribution < 1.29 is 18.0 Å². The highest BCUT2D eigenvalue weighted by Crippen LogP contribution is 2.37. The zero-order chi connectivity index (χ0) is 17.3. The second-order valence-electron chi connectivity index (χ2n) is 5.29. The second kappa shape index (κ2) is 6.39. The van der Waals surface area contributed by atoms with E-state index in [9.17, 15) is 18.0 Å². The summed E-state index contributed by atoms with van der Waals surface area (Å²) in [6.07, 6.45) is -4.45. The summed E-state index contributed by atoms with van der Waals surface area (Å²) in [4.78, 5) is 17.6. The summed E-state index contributed by atoms with van der Waals surface area (Å²) < 4.78 is 38.1. The molecule has 0 spiro atoms. The highest BCUT2D eigenvalue weighted by Gasteiger charge is 2.36. The fourth-order valence-electron chi connectivity index (χ4n) is 2.56. The van der Waals surface area contributed by atoms with Gasteiger partial charge in [-0.3, -0.25) is 9.79 Å².